The number of aromatic nitrogens is 1. The SMILES string of the molecule is O=C1N=C(c2ccc(Sc3ccc4ccccc4c3)cc2)c2c(O)[nH]c(-c3ccc(Sc4ccc5ccccc5c4)cc3)c21. The molecule has 1 aromatic heterocycles. The van der Waals surface area contributed by atoms with E-state index in [4.69, 9.17) is 0 Å². The zero-order chi connectivity index (χ0) is 29.6. The molecule has 8 rings (SSSR count). The molecule has 4 nitrogen and oxygen atoms in total. The average Bonchev–Trinajstić information content (AvgIpc) is 3.59. The van der Waals surface area contributed by atoms with Crippen molar-refractivity contribution in [3.63, 3.8) is 0 Å². The Balaban J connectivity index is 1.03. The minimum atomic E-state index is -0.356. The fourth-order valence-corrected chi connectivity index (χ4v) is 7.41. The zero-order valence-electron chi connectivity index (χ0n) is 23.3. The van der Waals surface area contributed by atoms with Gasteiger partial charge in [-0.15, -0.1) is 0 Å². The Morgan fingerprint density at radius 3 is 1.55 bits per heavy atom. The molecule has 2 heterocycles. The third-order valence-corrected chi connectivity index (χ3v) is 9.82. The molecule has 0 fully saturated rings. The van der Waals surface area contributed by atoms with Gasteiger partial charge >= 0.3 is 0 Å². The number of amides is 1. The van der Waals surface area contributed by atoms with Gasteiger partial charge in [0.05, 0.1) is 22.5 Å². The van der Waals surface area contributed by atoms with E-state index < -0.39 is 0 Å². The lowest BCUT2D eigenvalue weighted by molar-refractivity contribution is 0.101. The molecule has 7 aromatic rings. The van der Waals surface area contributed by atoms with E-state index in [1.165, 1.54) is 21.5 Å². The van der Waals surface area contributed by atoms with Crippen LogP contribution in [0.1, 0.15) is 21.5 Å². The van der Waals surface area contributed by atoms with Crippen LogP contribution < -0.4 is 0 Å². The van der Waals surface area contributed by atoms with Gasteiger partial charge in [0.2, 0.25) is 0 Å². The van der Waals surface area contributed by atoms with Crippen LogP contribution in [0.4, 0.5) is 0 Å². The number of aliphatic imine (C=N–C) groups is 1. The van der Waals surface area contributed by atoms with Gasteiger partial charge in [0.15, 0.2) is 5.88 Å². The van der Waals surface area contributed by atoms with Gasteiger partial charge in [-0.1, -0.05) is 108 Å². The molecule has 0 bridgehead atoms. The maximum Gasteiger partial charge on any atom is 0.280 e. The number of carbonyl (C=O) groups is 1. The molecule has 0 atom stereocenters. The van der Waals surface area contributed by atoms with Crippen molar-refractivity contribution in [2.24, 2.45) is 4.99 Å². The number of aromatic amines is 1. The molecule has 6 heteroatoms. The van der Waals surface area contributed by atoms with Gasteiger partial charge in [-0.05, 0) is 75.6 Å². The summed E-state index contributed by atoms with van der Waals surface area (Å²) in [7, 11) is 0. The maximum atomic E-state index is 13.2. The van der Waals surface area contributed by atoms with Crippen LogP contribution in [0.3, 0.4) is 0 Å². The topological polar surface area (TPSA) is 65.4 Å². The lowest BCUT2D eigenvalue weighted by Gasteiger charge is -2.06. The summed E-state index contributed by atoms with van der Waals surface area (Å²) in [5.41, 5.74) is 3.51. The van der Waals surface area contributed by atoms with Crippen molar-refractivity contribution in [3.05, 3.63) is 150 Å². The van der Waals surface area contributed by atoms with Gasteiger partial charge in [-0.2, -0.15) is 0 Å². The van der Waals surface area contributed by atoms with Crippen LogP contribution in [-0.4, -0.2) is 21.7 Å². The molecular formula is C38H24N2O2S2. The molecule has 1 aliphatic heterocycles. The van der Waals surface area contributed by atoms with Crippen molar-refractivity contribution < 1.29 is 9.90 Å². The summed E-state index contributed by atoms with van der Waals surface area (Å²) in [6.07, 6.45) is 0. The van der Waals surface area contributed by atoms with E-state index in [0.717, 1.165) is 30.7 Å². The quantitative estimate of drug-likeness (QED) is 0.198. The summed E-state index contributed by atoms with van der Waals surface area (Å²) in [6, 6.07) is 45.5. The van der Waals surface area contributed by atoms with Gasteiger partial charge in [-0.3, -0.25) is 4.79 Å². The first-order chi connectivity index (χ1) is 21.6. The monoisotopic (exact) mass is 604 g/mol. The molecule has 210 valence electrons. The highest BCUT2D eigenvalue weighted by atomic mass is 32.2. The Kier molecular flexibility index (Phi) is 6.59. The molecule has 0 aliphatic carbocycles. The molecule has 0 radical (unpaired) electrons. The standard InChI is InChI=1S/C38H24N2O2S2/c41-37-33-34(36(40-37)26-13-17-30(18-14-26)44-32-20-10-24-6-2-4-8-28(24)22-32)38(42)39-35(33)25-11-15-29(16-12-25)43-31-19-9-23-5-1-3-7-27(23)21-31/h1-22,39,42H. The summed E-state index contributed by atoms with van der Waals surface area (Å²) < 4.78 is 0. The van der Waals surface area contributed by atoms with Crippen molar-refractivity contribution in [1.82, 2.24) is 4.98 Å². The number of nitrogens with zero attached hydrogens (tertiary/aromatic N) is 1. The lowest BCUT2D eigenvalue weighted by atomic mass is 10.0. The van der Waals surface area contributed by atoms with Crippen LogP contribution in [0, 0.1) is 0 Å². The van der Waals surface area contributed by atoms with Crippen LogP contribution in [0.2, 0.25) is 0 Å². The summed E-state index contributed by atoms with van der Waals surface area (Å²) in [6.45, 7) is 0. The number of rotatable bonds is 6. The Morgan fingerprint density at radius 1 is 0.523 bits per heavy atom. The number of nitrogens with one attached hydrogen (secondary N) is 1. The van der Waals surface area contributed by atoms with Crippen LogP contribution in [0.25, 0.3) is 32.8 Å². The predicted octanol–water partition coefficient (Wildman–Crippen LogP) is 9.99. The number of H-pyrrole nitrogens is 1. The largest absolute Gasteiger partial charge is 0.494 e. The molecule has 0 saturated carbocycles. The first kappa shape index (κ1) is 26.6. The second-order valence-electron chi connectivity index (χ2n) is 10.6. The number of aromatic hydroxyl groups is 1. The van der Waals surface area contributed by atoms with Crippen LogP contribution >= 0.6 is 23.5 Å². The van der Waals surface area contributed by atoms with E-state index in [9.17, 15) is 9.90 Å². The van der Waals surface area contributed by atoms with E-state index >= 15 is 0 Å². The van der Waals surface area contributed by atoms with E-state index in [2.05, 4.69) is 70.6 Å². The van der Waals surface area contributed by atoms with Gasteiger partial charge < -0.3 is 10.1 Å². The predicted molar refractivity (Wildman–Crippen MR) is 180 cm³/mol. The highest BCUT2D eigenvalue weighted by molar-refractivity contribution is 7.99. The minimum absolute atomic E-state index is 0.0520. The third-order valence-electron chi connectivity index (χ3n) is 7.83. The normalized spacial score (nSPS) is 12.5. The molecule has 0 unspecified atom stereocenters. The van der Waals surface area contributed by atoms with Gasteiger partial charge in [0, 0.05) is 25.1 Å². The van der Waals surface area contributed by atoms with Crippen molar-refractivity contribution >= 4 is 56.7 Å². The summed E-state index contributed by atoms with van der Waals surface area (Å²) >= 11 is 3.37. The molecule has 0 saturated heterocycles. The fraction of sp³-hybridized carbons (Fsp3) is 0. The van der Waals surface area contributed by atoms with E-state index in [0.29, 0.717) is 22.5 Å². The van der Waals surface area contributed by atoms with Crippen LogP contribution in [0.15, 0.2) is 158 Å². The molecule has 1 aliphatic rings. The average molecular weight is 605 g/mol. The number of hydrogen-bond acceptors (Lipinski definition) is 4. The Morgan fingerprint density at radius 2 is 1.00 bits per heavy atom. The van der Waals surface area contributed by atoms with E-state index in [1.54, 1.807) is 23.5 Å². The second kappa shape index (κ2) is 10.9. The summed E-state index contributed by atoms with van der Waals surface area (Å²) in [5.74, 6) is -0.408. The van der Waals surface area contributed by atoms with E-state index in [1.807, 2.05) is 72.8 Å². The highest BCUT2D eigenvalue weighted by Gasteiger charge is 2.33. The zero-order valence-corrected chi connectivity index (χ0v) is 25.0. The number of fused-ring (bicyclic) bond motifs is 3. The van der Waals surface area contributed by atoms with Crippen molar-refractivity contribution in [3.8, 4) is 17.1 Å². The van der Waals surface area contributed by atoms with Crippen molar-refractivity contribution in [2.75, 3.05) is 0 Å². The molecule has 1 amide bonds. The van der Waals surface area contributed by atoms with Crippen molar-refractivity contribution in [2.45, 2.75) is 19.6 Å². The smallest absolute Gasteiger partial charge is 0.280 e. The molecule has 6 aromatic carbocycles. The molecule has 44 heavy (non-hydrogen) atoms. The third kappa shape index (κ3) is 4.88. The van der Waals surface area contributed by atoms with E-state index in [-0.39, 0.29) is 11.8 Å². The first-order valence-corrected chi connectivity index (χ1v) is 15.8. The molecular weight excluding hydrogens is 581 g/mol. The number of carbonyl (C=O) groups excluding carboxylic acids is 1. The summed E-state index contributed by atoms with van der Waals surface area (Å²) in [4.78, 5) is 25.1. The first-order valence-electron chi connectivity index (χ1n) is 14.2. The lowest BCUT2D eigenvalue weighted by Crippen LogP contribution is -1.99. The maximum absolute atomic E-state index is 13.2. The number of hydrogen-bond donors (Lipinski definition) is 2. The Bertz CT molecular complexity index is 2250. The fourth-order valence-electron chi connectivity index (χ4n) is 5.67. The molecule has 0 spiro atoms. The summed E-state index contributed by atoms with van der Waals surface area (Å²) in [5, 5.41) is 15.8. The van der Waals surface area contributed by atoms with Gasteiger partial charge in [0.1, 0.15) is 0 Å². The highest BCUT2D eigenvalue weighted by Crippen LogP contribution is 2.40. The van der Waals surface area contributed by atoms with Gasteiger partial charge in [-0.25, -0.2) is 4.99 Å². The van der Waals surface area contributed by atoms with Crippen LogP contribution in [-0.2, 0) is 0 Å². The second-order valence-corrected chi connectivity index (χ2v) is 12.9. The minimum Gasteiger partial charge on any atom is -0.494 e. The Hall–Kier alpha value is -5.04. The number of benzene rings is 6. The Labute approximate surface area is 262 Å². The van der Waals surface area contributed by atoms with Gasteiger partial charge in [0.25, 0.3) is 5.91 Å². The molecule has 2 N–H and O–H groups in total. The van der Waals surface area contributed by atoms with Crippen molar-refractivity contribution in [1.29, 1.82) is 0 Å². The van der Waals surface area contributed by atoms with Crippen LogP contribution in [0.5, 0.6) is 5.88 Å².